The largest absolute Gasteiger partial charge is 0.350 e. The summed E-state index contributed by atoms with van der Waals surface area (Å²) in [6, 6.07) is 3.92. The van der Waals surface area contributed by atoms with E-state index in [2.05, 4.69) is 28.7 Å². The van der Waals surface area contributed by atoms with Gasteiger partial charge in [0.15, 0.2) is 0 Å². The maximum absolute atomic E-state index is 13.7. The number of anilines is 1. The molecule has 0 spiro atoms. The summed E-state index contributed by atoms with van der Waals surface area (Å²) in [5, 5.41) is 0.434. The third-order valence-corrected chi connectivity index (χ3v) is 7.27. The Morgan fingerprint density at radius 3 is 2.75 bits per heavy atom. The van der Waals surface area contributed by atoms with Crippen molar-refractivity contribution in [2.45, 2.75) is 43.4 Å². The first-order valence-electron chi connectivity index (χ1n) is 10.1. The summed E-state index contributed by atoms with van der Waals surface area (Å²) in [6.07, 6.45) is 1.91. The third kappa shape index (κ3) is 5.42. The number of aromatic nitrogens is 2. The van der Waals surface area contributed by atoms with Gasteiger partial charge in [0, 0.05) is 42.2 Å². The van der Waals surface area contributed by atoms with Crippen molar-refractivity contribution >= 4 is 59.9 Å². The number of piperazine rings is 1. The molecule has 1 amide bonds. The van der Waals surface area contributed by atoms with Gasteiger partial charge in [0.2, 0.25) is 5.91 Å². The minimum absolute atomic E-state index is 0. The van der Waals surface area contributed by atoms with Gasteiger partial charge in [0.1, 0.15) is 18.0 Å². The first-order chi connectivity index (χ1) is 14.3. The highest BCUT2D eigenvalue weighted by Crippen LogP contribution is 2.44. The van der Waals surface area contributed by atoms with Crippen LogP contribution in [-0.4, -0.2) is 52.5 Å². The molecule has 1 aromatic carbocycles. The van der Waals surface area contributed by atoms with Crippen LogP contribution in [0.4, 0.5) is 10.2 Å². The van der Waals surface area contributed by atoms with Crippen molar-refractivity contribution in [3.8, 4) is 0 Å². The van der Waals surface area contributed by atoms with Crippen molar-refractivity contribution in [2.75, 3.05) is 24.5 Å². The second-order valence-electron chi connectivity index (χ2n) is 7.90. The van der Waals surface area contributed by atoms with Gasteiger partial charge in [-0.05, 0) is 38.0 Å². The van der Waals surface area contributed by atoms with Crippen molar-refractivity contribution in [1.82, 2.24) is 14.9 Å². The van der Waals surface area contributed by atoms with Crippen molar-refractivity contribution < 1.29 is 9.18 Å². The summed E-state index contributed by atoms with van der Waals surface area (Å²) < 4.78 is 13.7. The lowest BCUT2D eigenvalue weighted by Crippen LogP contribution is -2.57. The van der Waals surface area contributed by atoms with Gasteiger partial charge in [-0.25, -0.2) is 14.4 Å². The van der Waals surface area contributed by atoms with Crippen LogP contribution in [0.1, 0.15) is 35.9 Å². The molecule has 3 unspecified atom stereocenters. The predicted octanol–water partition coefficient (Wildman–Crippen LogP) is 4.03. The van der Waals surface area contributed by atoms with Crippen LogP contribution >= 0.6 is 48.2 Å². The molecule has 1 aromatic heterocycles. The zero-order chi connectivity index (χ0) is 21.4. The molecule has 4 rings (SSSR count). The van der Waals surface area contributed by atoms with Gasteiger partial charge >= 0.3 is 0 Å². The van der Waals surface area contributed by atoms with E-state index in [4.69, 9.17) is 17.3 Å². The van der Waals surface area contributed by atoms with Crippen molar-refractivity contribution in [1.29, 1.82) is 0 Å². The Labute approximate surface area is 209 Å². The van der Waals surface area contributed by atoms with E-state index in [1.54, 1.807) is 17.3 Å². The fourth-order valence-corrected chi connectivity index (χ4v) is 5.35. The van der Waals surface area contributed by atoms with E-state index >= 15 is 0 Å². The number of fused-ring (bicyclic) bond motifs is 1. The summed E-state index contributed by atoms with van der Waals surface area (Å²) in [6.45, 7) is 6.12. The minimum atomic E-state index is -0.718. The number of benzene rings is 1. The van der Waals surface area contributed by atoms with E-state index in [1.165, 1.54) is 17.7 Å². The molecule has 2 aromatic rings. The highest BCUT2D eigenvalue weighted by molar-refractivity contribution is 7.99. The van der Waals surface area contributed by atoms with E-state index in [0.29, 0.717) is 30.4 Å². The maximum Gasteiger partial charge on any atom is 0.239 e. The number of thioether (sulfide) groups is 1. The average Bonchev–Trinajstić information content (AvgIpc) is 3.11. The summed E-state index contributed by atoms with van der Waals surface area (Å²) in [5.74, 6) is 1.28. The van der Waals surface area contributed by atoms with Crippen LogP contribution in [-0.2, 0) is 17.0 Å². The number of carbonyl (C=O) groups excluding carboxylic acids is 1. The van der Waals surface area contributed by atoms with Gasteiger partial charge in [0.05, 0.1) is 16.8 Å². The quantitative estimate of drug-likeness (QED) is 0.653. The second kappa shape index (κ2) is 11.2. The molecule has 1 fully saturated rings. The Morgan fingerprint density at radius 2 is 2.06 bits per heavy atom. The molecule has 2 aliphatic heterocycles. The van der Waals surface area contributed by atoms with Gasteiger partial charge in [0.25, 0.3) is 0 Å². The second-order valence-corrected chi connectivity index (χ2v) is 9.63. The molecule has 6 nitrogen and oxygen atoms in total. The van der Waals surface area contributed by atoms with Crippen molar-refractivity contribution in [3.63, 3.8) is 0 Å². The minimum Gasteiger partial charge on any atom is -0.350 e. The van der Waals surface area contributed by atoms with Crippen LogP contribution in [0.15, 0.2) is 24.5 Å². The Kier molecular flexibility index (Phi) is 9.43. The van der Waals surface area contributed by atoms with E-state index in [0.717, 1.165) is 17.3 Å². The van der Waals surface area contributed by atoms with E-state index in [1.807, 2.05) is 11.8 Å². The number of hydrogen-bond acceptors (Lipinski definition) is 6. The summed E-state index contributed by atoms with van der Waals surface area (Å²) in [7, 11) is 0. The number of nitrogens with two attached hydrogens (primary N) is 1. The van der Waals surface area contributed by atoms with Crippen LogP contribution in [0.5, 0.6) is 0 Å². The highest BCUT2D eigenvalue weighted by atomic mass is 35.5. The first kappa shape index (κ1) is 26.9. The predicted molar refractivity (Wildman–Crippen MR) is 133 cm³/mol. The Balaban J connectivity index is 0.00000181. The molecule has 3 atom stereocenters. The molecule has 0 aliphatic carbocycles. The molecule has 11 heteroatoms. The van der Waals surface area contributed by atoms with Gasteiger partial charge in [-0.15, -0.1) is 36.6 Å². The van der Waals surface area contributed by atoms with Crippen LogP contribution in [0.25, 0.3) is 0 Å². The number of halogens is 4. The van der Waals surface area contributed by atoms with Gasteiger partial charge < -0.3 is 15.5 Å². The fraction of sp³-hybridized carbons (Fsp3) is 0.476. The maximum atomic E-state index is 13.7. The molecule has 0 saturated carbocycles. The number of carbonyl (C=O) groups is 1. The van der Waals surface area contributed by atoms with Gasteiger partial charge in [-0.1, -0.05) is 17.7 Å². The zero-order valence-electron chi connectivity index (χ0n) is 17.8. The SMILES string of the molecule is CC1SCc2ncnc(N3CCN(C(=O)C(N)Cc4ccc(Cl)c(F)c4)CC3C)c21.Cl.Cl. The standard InChI is InChI=1S/C21H25ClFN5OS.2ClH/c1-12-9-27(21(29)17(24)8-14-3-4-15(22)16(23)7-14)5-6-28(12)20-19-13(2)30-10-18(19)25-11-26-20;;/h3-4,7,11-13,17H,5-6,8-10,24H2,1-2H3;2*1H. The van der Waals surface area contributed by atoms with E-state index in [-0.39, 0.29) is 48.2 Å². The molecule has 3 heterocycles. The molecular weight excluding hydrogens is 496 g/mol. The third-order valence-electron chi connectivity index (χ3n) is 5.79. The Bertz CT molecular complexity index is 969. The molecule has 2 aliphatic rings. The van der Waals surface area contributed by atoms with Crippen LogP contribution in [0.3, 0.4) is 0 Å². The molecule has 0 bridgehead atoms. The lowest BCUT2D eigenvalue weighted by molar-refractivity contribution is -0.133. The topological polar surface area (TPSA) is 75.4 Å². The van der Waals surface area contributed by atoms with Crippen LogP contribution in [0, 0.1) is 5.82 Å². The molecule has 0 radical (unpaired) electrons. The Hall–Kier alpha value is -1.32. The number of nitrogens with zero attached hydrogens (tertiary/aromatic N) is 4. The molecule has 1 saturated heterocycles. The number of rotatable bonds is 4. The Morgan fingerprint density at radius 1 is 1.31 bits per heavy atom. The highest BCUT2D eigenvalue weighted by Gasteiger charge is 2.34. The molecule has 176 valence electrons. The zero-order valence-corrected chi connectivity index (χ0v) is 21.0. The van der Waals surface area contributed by atoms with Crippen molar-refractivity contribution in [2.24, 2.45) is 5.73 Å². The number of hydrogen-bond donors (Lipinski definition) is 1. The van der Waals surface area contributed by atoms with E-state index in [9.17, 15) is 9.18 Å². The van der Waals surface area contributed by atoms with Crippen LogP contribution < -0.4 is 10.6 Å². The summed E-state index contributed by atoms with van der Waals surface area (Å²) >= 11 is 7.60. The van der Waals surface area contributed by atoms with Crippen LogP contribution in [0.2, 0.25) is 5.02 Å². The lowest BCUT2D eigenvalue weighted by Gasteiger charge is -2.42. The van der Waals surface area contributed by atoms with Gasteiger partial charge in [-0.3, -0.25) is 4.79 Å². The average molecular weight is 523 g/mol. The molecular formula is C21H27Cl3FN5OS. The first-order valence-corrected chi connectivity index (χ1v) is 11.5. The van der Waals surface area contributed by atoms with Gasteiger partial charge in [-0.2, -0.15) is 0 Å². The summed E-state index contributed by atoms with van der Waals surface area (Å²) in [4.78, 5) is 26.0. The van der Waals surface area contributed by atoms with Crippen molar-refractivity contribution in [3.05, 3.63) is 52.2 Å². The lowest BCUT2D eigenvalue weighted by atomic mass is 10.0. The normalized spacial score (nSPS) is 20.8. The summed E-state index contributed by atoms with van der Waals surface area (Å²) in [5.41, 5.74) is 9.16. The molecule has 2 N–H and O–H groups in total. The monoisotopic (exact) mass is 521 g/mol. The van der Waals surface area contributed by atoms with E-state index < -0.39 is 11.9 Å². The molecule has 32 heavy (non-hydrogen) atoms. The fourth-order valence-electron chi connectivity index (χ4n) is 4.18. The number of amides is 1. The smallest absolute Gasteiger partial charge is 0.239 e.